The van der Waals surface area contributed by atoms with Crippen molar-refractivity contribution >= 4 is 17.7 Å². The summed E-state index contributed by atoms with van der Waals surface area (Å²) >= 11 is 0. The van der Waals surface area contributed by atoms with Gasteiger partial charge in [-0.2, -0.15) is 0 Å². The van der Waals surface area contributed by atoms with Crippen LogP contribution in [0.4, 0.5) is 10.5 Å². The third kappa shape index (κ3) is 9.64. The number of nitrogens with zero attached hydrogens (tertiary/aromatic N) is 1. The molecule has 0 fully saturated rings. The predicted octanol–water partition coefficient (Wildman–Crippen LogP) is 7.61. The van der Waals surface area contributed by atoms with E-state index in [1.54, 1.807) is 24.0 Å². The molecule has 0 radical (unpaired) electrons. The molecule has 7 heteroatoms. The molecule has 43 heavy (non-hydrogen) atoms. The molecule has 0 bridgehead atoms. The van der Waals surface area contributed by atoms with Crippen LogP contribution in [0.3, 0.4) is 0 Å². The van der Waals surface area contributed by atoms with E-state index < -0.39 is 11.6 Å². The molecule has 2 amide bonds. The van der Waals surface area contributed by atoms with Crippen molar-refractivity contribution in [1.29, 1.82) is 0 Å². The number of rotatable bonds is 15. The first kappa shape index (κ1) is 31.2. The number of anilines is 1. The minimum absolute atomic E-state index is 0.157. The summed E-state index contributed by atoms with van der Waals surface area (Å²) in [6, 6.07) is 34.1. The number of carboxylic acids is 1. The Balaban J connectivity index is 1.31. The summed E-state index contributed by atoms with van der Waals surface area (Å²) in [6.45, 7) is 5.15. The molecule has 0 aliphatic rings. The van der Waals surface area contributed by atoms with E-state index in [0.29, 0.717) is 37.6 Å². The lowest BCUT2D eigenvalue weighted by Gasteiger charge is -2.26. The van der Waals surface area contributed by atoms with Crippen LogP contribution in [0, 0.1) is 0 Å². The second kappa shape index (κ2) is 15.4. The van der Waals surface area contributed by atoms with Gasteiger partial charge in [-0.25, -0.2) is 9.59 Å². The quantitative estimate of drug-likeness (QED) is 0.141. The molecule has 1 atom stereocenters. The third-order valence-corrected chi connectivity index (χ3v) is 7.09. The first-order valence-corrected chi connectivity index (χ1v) is 14.7. The Kier molecular flexibility index (Phi) is 11.2. The molecule has 0 unspecified atom stereocenters. The van der Waals surface area contributed by atoms with E-state index in [2.05, 4.69) is 24.4 Å². The Labute approximate surface area is 254 Å². The maximum absolute atomic E-state index is 13.2. The number of hydrogen-bond acceptors (Lipinski definition) is 4. The Morgan fingerprint density at radius 3 is 2.05 bits per heavy atom. The summed E-state index contributed by atoms with van der Waals surface area (Å²) in [4.78, 5) is 27.1. The van der Waals surface area contributed by atoms with E-state index in [0.717, 1.165) is 29.7 Å². The molecule has 4 aromatic rings. The highest BCUT2D eigenvalue weighted by Gasteiger charge is 2.36. The van der Waals surface area contributed by atoms with E-state index in [9.17, 15) is 14.7 Å². The molecular weight excluding hydrogens is 540 g/mol. The van der Waals surface area contributed by atoms with Gasteiger partial charge in [-0.15, -0.1) is 0 Å². The molecule has 0 heterocycles. The number of amides is 2. The zero-order valence-electron chi connectivity index (χ0n) is 24.9. The fraction of sp³-hybridized carbons (Fsp3) is 0.278. The zero-order chi connectivity index (χ0) is 30.5. The van der Waals surface area contributed by atoms with Crippen molar-refractivity contribution < 1.29 is 24.2 Å². The van der Waals surface area contributed by atoms with Gasteiger partial charge < -0.3 is 24.8 Å². The van der Waals surface area contributed by atoms with Crippen molar-refractivity contribution in [3.05, 3.63) is 126 Å². The molecule has 0 aromatic heterocycles. The van der Waals surface area contributed by atoms with Crippen LogP contribution in [0.2, 0.25) is 0 Å². The largest absolute Gasteiger partial charge is 0.494 e. The molecule has 4 rings (SSSR count). The Morgan fingerprint density at radius 1 is 0.791 bits per heavy atom. The Bertz CT molecular complexity index is 1430. The summed E-state index contributed by atoms with van der Waals surface area (Å²) in [5.74, 6) is 0.150. The Morgan fingerprint density at radius 2 is 1.42 bits per heavy atom. The van der Waals surface area contributed by atoms with Crippen LogP contribution in [0.25, 0.3) is 0 Å². The first-order chi connectivity index (χ1) is 20.8. The van der Waals surface area contributed by atoms with Crippen LogP contribution in [0.15, 0.2) is 109 Å². The molecular formula is C36H40N2O5. The van der Waals surface area contributed by atoms with Gasteiger partial charge in [-0.3, -0.25) is 0 Å². The van der Waals surface area contributed by atoms with E-state index in [4.69, 9.17) is 9.47 Å². The molecule has 7 nitrogen and oxygen atoms in total. The highest BCUT2D eigenvalue weighted by molar-refractivity contribution is 5.89. The van der Waals surface area contributed by atoms with Crippen LogP contribution in [0.1, 0.15) is 43.4 Å². The summed E-state index contributed by atoms with van der Waals surface area (Å²) < 4.78 is 11.8. The van der Waals surface area contributed by atoms with Crippen molar-refractivity contribution in [2.75, 3.05) is 18.5 Å². The highest BCUT2D eigenvalue weighted by Crippen LogP contribution is 2.24. The lowest BCUT2D eigenvalue weighted by atomic mass is 9.96. The summed E-state index contributed by atoms with van der Waals surface area (Å²) in [7, 11) is 0. The van der Waals surface area contributed by atoms with Crippen LogP contribution in [0.5, 0.6) is 11.5 Å². The predicted molar refractivity (Wildman–Crippen MR) is 170 cm³/mol. The minimum atomic E-state index is -1.41. The number of nitrogens with one attached hydrogen (secondary N) is 1. The van der Waals surface area contributed by atoms with Crippen molar-refractivity contribution in [3.8, 4) is 11.5 Å². The minimum Gasteiger partial charge on any atom is -0.494 e. The smallest absolute Gasteiger partial charge is 0.348 e. The van der Waals surface area contributed by atoms with Crippen molar-refractivity contribution in [3.63, 3.8) is 0 Å². The summed E-state index contributed by atoms with van der Waals surface area (Å²) in [6.07, 6.45) is 2.93. The van der Waals surface area contributed by atoms with Gasteiger partial charge in [0.2, 0.25) is 5.60 Å². The van der Waals surface area contributed by atoms with Gasteiger partial charge in [0, 0.05) is 25.2 Å². The normalized spacial score (nSPS) is 12.1. The van der Waals surface area contributed by atoms with Crippen LogP contribution >= 0.6 is 0 Å². The van der Waals surface area contributed by atoms with Gasteiger partial charge in [0.25, 0.3) is 0 Å². The van der Waals surface area contributed by atoms with E-state index in [1.165, 1.54) is 5.56 Å². The van der Waals surface area contributed by atoms with Crippen LogP contribution < -0.4 is 14.8 Å². The molecule has 2 N–H and O–H groups in total. The number of benzene rings is 4. The average Bonchev–Trinajstić information content (AvgIpc) is 3.01. The number of para-hydroxylation sites is 1. The zero-order valence-corrected chi connectivity index (χ0v) is 24.9. The van der Waals surface area contributed by atoms with Crippen LogP contribution in [-0.4, -0.2) is 40.8 Å². The van der Waals surface area contributed by atoms with Gasteiger partial charge in [-0.1, -0.05) is 86.1 Å². The van der Waals surface area contributed by atoms with Crippen molar-refractivity contribution in [1.82, 2.24) is 4.90 Å². The highest BCUT2D eigenvalue weighted by atomic mass is 16.5. The fourth-order valence-electron chi connectivity index (χ4n) is 4.74. The molecule has 0 aliphatic carbocycles. The monoisotopic (exact) mass is 580 g/mol. The maximum Gasteiger partial charge on any atom is 0.348 e. The van der Waals surface area contributed by atoms with Crippen molar-refractivity contribution in [2.24, 2.45) is 0 Å². The van der Waals surface area contributed by atoms with Gasteiger partial charge in [-0.05, 0) is 72.9 Å². The molecule has 0 aliphatic heterocycles. The number of urea groups is 1. The number of carboxylic acid groups (broad SMARTS) is 1. The average molecular weight is 581 g/mol. The molecule has 0 saturated carbocycles. The topological polar surface area (TPSA) is 88.1 Å². The standard InChI is InChI=1S/C36H40N2O5/c1-3-11-28-16-20-31(21-17-28)37-35(41)38(27-30-12-6-4-7-13-30)24-10-25-42-32-22-18-29(19-23-32)26-36(2,34(39)40)43-33-14-8-5-9-15-33/h4-9,12-23H,3,10-11,24-27H2,1-2H3,(H,37,41)(H,39,40)/t36-/m0/s1. The second-order valence-corrected chi connectivity index (χ2v) is 10.8. The SMILES string of the molecule is CCCc1ccc(NC(=O)N(CCCOc2ccc(C[C@](C)(Oc3ccccc3)C(=O)O)cc2)Cc2ccccc2)cc1. The number of hydrogen-bond donors (Lipinski definition) is 2. The van der Waals surface area contributed by atoms with Gasteiger partial charge in [0.05, 0.1) is 6.61 Å². The number of carbonyl (C=O) groups excluding carboxylic acids is 1. The first-order valence-electron chi connectivity index (χ1n) is 14.7. The van der Waals surface area contributed by atoms with E-state index >= 15 is 0 Å². The molecule has 0 spiro atoms. The van der Waals surface area contributed by atoms with E-state index in [-0.39, 0.29) is 12.5 Å². The molecule has 224 valence electrons. The van der Waals surface area contributed by atoms with E-state index in [1.807, 2.05) is 84.9 Å². The molecule has 4 aromatic carbocycles. The van der Waals surface area contributed by atoms with Gasteiger partial charge >= 0.3 is 12.0 Å². The lowest BCUT2D eigenvalue weighted by Crippen LogP contribution is -2.43. The van der Waals surface area contributed by atoms with Crippen LogP contribution in [-0.2, 0) is 24.2 Å². The second-order valence-electron chi connectivity index (χ2n) is 10.8. The number of aliphatic carboxylic acids is 1. The Hall–Kier alpha value is -4.78. The number of aryl methyl sites for hydroxylation is 1. The van der Waals surface area contributed by atoms with Gasteiger partial charge in [0.15, 0.2) is 0 Å². The maximum atomic E-state index is 13.2. The summed E-state index contributed by atoms with van der Waals surface area (Å²) in [5, 5.41) is 12.9. The number of carbonyl (C=O) groups is 2. The van der Waals surface area contributed by atoms with Gasteiger partial charge in [0.1, 0.15) is 11.5 Å². The number of ether oxygens (including phenoxy) is 2. The van der Waals surface area contributed by atoms with Crippen molar-refractivity contribution in [2.45, 2.75) is 51.7 Å². The summed E-state index contributed by atoms with van der Waals surface area (Å²) in [5.41, 5.74) is 2.48. The third-order valence-electron chi connectivity index (χ3n) is 7.09. The molecule has 0 saturated heterocycles. The fourth-order valence-corrected chi connectivity index (χ4v) is 4.74. The lowest BCUT2D eigenvalue weighted by molar-refractivity contribution is -0.153.